The first kappa shape index (κ1) is 22.1. The maximum atomic E-state index is 14.5. The van der Waals surface area contributed by atoms with Crippen molar-refractivity contribution in [3.8, 4) is 0 Å². The van der Waals surface area contributed by atoms with Crippen molar-refractivity contribution in [3.05, 3.63) is 58.7 Å². The van der Waals surface area contributed by atoms with E-state index < -0.39 is 23.8 Å². The molecule has 0 aromatic heterocycles. The number of halogens is 1. The van der Waals surface area contributed by atoms with Gasteiger partial charge in [0.2, 0.25) is 0 Å². The van der Waals surface area contributed by atoms with Crippen LogP contribution in [0, 0.1) is 13.8 Å². The van der Waals surface area contributed by atoms with Crippen LogP contribution in [-0.2, 0) is 9.53 Å². The van der Waals surface area contributed by atoms with Gasteiger partial charge in [0.05, 0.1) is 25.7 Å². The molecule has 4 nitrogen and oxygen atoms in total. The Hall–Kier alpha value is -2.24. The largest absolute Gasteiger partial charge is 0.469 e. The number of alkyl halides is 1. The second kappa shape index (κ2) is 9.30. The van der Waals surface area contributed by atoms with Crippen molar-refractivity contribution in [3.63, 3.8) is 0 Å². The molecule has 2 rings (SSSR count). The second-order valence-corrected chi connectivity index (χ2v) is 7.65. The number of aryl methyl sites for hydroxylation is 2. The van der Waals surface area contributed by atoms with Crippen LogP contribution in [0.1, 0.15) is 48.4 Å². The molecule has 0 saturated carbocycles. The van der Waals surface area contributed by atoms with Crippen molar-refractivity contribution in [1.82, 2.24) is 0 Å². The lowest BCUT2D eigenvalue weighted by molar-refractivity contribution is -0.143. The normalized spacial score (nSPS) is 21.5. The second-order valence-electron chi connectivity index (χ2n) is 7.65. The molecular formula is C23H29FO4. The van der Waals surface area contributed by atoms with Gasteiger partial charge in [0.25, 0.3) is 0 Å². The molecule has 0 heterocycles. The van der Waals surface area contributed by atoms with Gasteiger partial charge in [-0.25, -0.2) is 4.39 Å². The molecule has 0 amide bonds. The van der Waals surface area contributed by atoms with Gasteiger partial charge in [-0.15, -0.1) is 0 Å². The zero-order chi connectivity index (χ0) is 20.9. The van der Waals surface area contributed by atoms with Crippen LogP contribution in [-0.4, -0.2) is 41.2 Å². The Morgan fingerprint density at radius 2 is 2.07 bits per heavy atom. The summed E-state index contributed by atoms with van der Waals surface area (Å²) in [6.07, 6.45) is 6.86. The van der Waals surface area contributed by atoms with E-state index in [1.807, 2.05) is 32.1 Å². The van der Waals surface area contributed by atoms with Gasteiger partial charge in [-0.2, -0.15) is 0 Å². The lowest BCUT2D eigenvalue weighted by atomic mass is 9.85. The molecule has 2 N–H and O–H groups in total. The molecule has 1 aliphatic carbocycles. The monoisotopic (exact) mass is 388 g/mol. The number of hydrogen-bond acceptors (Lipinski definition) is 4. The summed E-state index contributed by atoms with van der Waals surface area (Å²) in [5, 5.41) is 20.1. The van der Waals surface area contributed by atoms with Crippen molar-refractivity contribution in [2.45, 2.75) is 57.9 Å². The minimum atomic E-state index is -1.39. The standard InChI is InChI=1S/C23H29FO4/c1-15-10-16(2)20(8-7-18(25)12-19(26)13-22(27)28-4)21(11-15)17-6-5-9-23(3,24)14-17/h5-11,18-19,25-26H,12-14H2,1-4H3/b8-7+. The smallest absolute Gasteiger partial charge is 0.308 e. The van der Waals surface area contributed by atoms with Crippen LogP contribution in [0.25, 0.3) is 11.6 Å². The Morgan fingerprint density at radius 3 is 2.71 bits per heavy atom. The van der Waals surface area contributed by atoms with Crippen molar-refractivity contribution in [2.75, 3.05) is 7.11 Å². The minimum absolute atomic E-state index is 0.0276. The summed E-state index contributed by atoms with van der Waals surface area (Å²) in [6.45, 7) is 5.53. The Bertz CT molecular complexity index is 805. The average Bonchev–Trinajstić information content (AvgIpc) is 2.59. The van der Waals surface area contributed by atoms with Crippen molar-refractivity contribution in [2.24, 2.45) is 0 Å². The SMILES string of the molecule is COC(=O)CC(O)CC(O)/C=C/c1c(C)cc(C)cc1C1=CC=CC(C)(F)C1. The first-order valence-electron chi connectivity index (χ1n) is 9.41. The summed E-state index contributed by atoms with van der Waals surface area (Å²) in [7, 11) is 1.25. The first-order chi connectivity index (χ1) is 13.1. The average molecular weight is 388 g/mol. The summed E-state index contributed by atoms with van der Waals surface area (Å²) in [6, 6.07) is 4.06. The fourth-order valence-corrected chi connectivity index (χ4v) is 3.43. The van der Waals surface area contributed by atoms with Gasteiger partial charge in [0.1, 0.15) is 5.67 Å². The van der Waals surface area contributed by atoms with E-state index >= 15 is 0 Å². The van der Waals surface area contributed by atoms with Crippen LogP contribution in [0.5, 0.6) is 0 Å². The number of benzene rings is 1. The highest BCUT2D eigenvalue weighted by Gasteiger charge is 2.25. The lowest BCUT2D eigenvalue weighted by Crippen LogP contribution is -2.20. The van der Waals surface area contributed by atoms with Gasteiger partial charge in [-0.05, 0) is 49.1 Å². The highest BCUT2D eigenvalue weighted by atomic mass is 19.1. The van der Waals surface area contributed by atoms with E-state index in [0.29, 0.717) is 0 Å². The molecule has 0 saturated heterocycles. The number of ether oxygens (including phenoxy) is 1. The number of carbonyl (C=O) groups is 1. The summed E-state index contributed by atoms with van der Waals surface area (Å²) in [4.78, 5) is 11.2. The molecule has 0 radical (unpaired) electrons. The Labute approximate surface area is 166 Å². The van der Waals surface area contributed by atoms with Crippen molar-refractivity contribution < 1.29 is 24.1 Å². The van der Waals surface area contributed by atoms with Crippen molar-refractivity contribution in [1.29, 1.82) is 0 Å². The molecule has 3 atom stereocenters. The zero-order valence-corrected chi connectivity index (χ0v) is 16.9. The Morgan fingerprint density at radius 1 is 1.36 bits per heavy atom. The molecular weight excluding hydrogens is 359 g/mol. The van der Waals surface area contributed by atoms with E-state index in [1.54, 1.807) is 31.2 Å². The molecule has 28 heavy (non-hydrogen) atoms. The number of hydrogen-bond donors (Lipinski definition) is 2. The number of esters is 1. The van der Waals surface area contributed by atoms with Crippen LogP contribution in [0.15, 0.2) is 36.4 Å². The van der Waals surface area contributed by atoms with Crippen LogP contribution in [0.4, 0.5) is 4.39 Å². The molecule has 0 fully saturated rings. The first-order valence-corrected chi connectivity index (χ1v) is 9.41. The van der Waals surface area contributed by atoms with Crippen molar-refractivity contribution >= 4 is 17.6 Å². The highest BCUT2D eigenvalue weighted by Crippen LogP contribution is 2.35. The molecule has 152 valence electrons. The molecule has 3 unspecified atom stereocenters. The summed E-state index contributed by atoms with van der Waals surface area (Å²) in [5.74, 6) is -0.521. The molecule has 1 aromatic carbocycles. The summed E-state index contributed by atoms with van der Waals surface area (Å²) in [5.41, 5.74) is 3.45. The maximum absolute atomic E-state index is 14.5. The number of aliphatic hydroxyl groups is 2. The van der Waals surface area contributed by atoms with Gasteiger partial charge >= 0.3 is 5.97 Å². The van der Waals surface area contributed by atoms with Crippen LogP contribution < -0.4 is 0 Å². The molecule has 0 bridgehead atoms. The number of allylic oxidation sites excluding steroid dienone is 4. The third-order valence-electron chi connectivity index (χ3n) is 4.78. The van der Waals surface area contributed by atoms with E-state index in [9.17, 15) is 19.4 Å². The van der Waals surface area contributed by atoms with Gasteiger partial charge in [-0.3, -0.25) is 4.79 Å². The molecule has 5 heteroatoms. The predicted molar refractivity (Wildman–Crippen MR) is 109 cm³/mol. The third kappa shape index (κ3) is 6.14. The van der Waals surface area contributed by atoms with E-state index in [-0.39, 0.29) is 19.3 Å². The maximum Gasteiger partial charge on any atom is 0.308 e. The van der Waals surface area contributed by atoms with Gasteiger partial charge in [-0.1, -0.05) is 42.0 Å². The van der Waals surface area contributed by atoms with Crippen LogP contribution >= 0.6 is 0 Å². The van der Waals surface area contributed by atoms with E-state index in [2.05, 4.69) is 4.74 Å². The highest BCUT2D eigenvalue weighted by molar-refractivity contribution is 5.78. The fraction of sp³-hybridized carbons (Fsp3) is 0.435. The zero-order valence-electron chi connectivity index (χ0n) is 16.9. The van der Waals surface area contributed by atoms with E-state index in [4.69, 9.17) is 0 Å². The minimum Gasteiger partial charge on any atom is -0.469 e. The molecule has 1 aliphatic rings. The quantitative estimate of drug-likeness (QED) is 0.691. The Kier molecular flexibility index (Phi) is 7.33. The number of methoxy groups -OCH3 is 1. The Balaban J connectivity index is 2.23. The lowest BCUT2D eigenvalue weighted by Gasteiger charge is -2.23. The topological polar surface area (TPSA) is 66.8 Å². The predicted octanol–water partition coefficient (Wildman–Crippen LogP) is 4.06. The third-order valence-corrected chi connectivity index (χ3v) is 4.78. The molecule has 0 aliphatic heterocycles. The van der Waals surface area contributed by atoms with Crippen LogP contribution in [0.2, 0.25) is 0 Å². The molecule has 1 aromatic rings. The van der Waals surface area contributed by atoms with Crippen LogP contribution in [0.3, 0.4) is 0 Å². The van der Waals surface area contributed by atoms with E-state index in [1.165, 1.54) is 7.11 Å². The number of aliphatic hydroxyl groups excluding tert-OH is 2. The number of carbonyl (C=O) groups excluding carboxylic acids is 1. The van der Waals surface area contributed by atoms with Gasteiger partial charge in [0, 0.05) is 12.8 Å². The molecule has 0 spiro atoms. The number of rotatable bonds is 7. The van der Waals surface area contributed by atoms with E-state index in [0.717, 1.165) is 27.8 Å². The van der Waals surface area contributed by atoms with Gasteiger partial charge in [0.15, 0.2) is 0 Å². The fourth-order valence-electron chi connectivity index (χ4n) is 3.43. The van der Waals surface area contributed by atoms with Gasteiger partial charge < -0.3 is 14.9 Å². The summed E-state index contributed by atoms with van der Waals surface area (Å²) >= 11 is 0. The summed E-state index contributed by atoms with van der Waals surface area (Å²) < 4.78 is 19.0.